The van der Waals surface area contributed by atoms with E-state index in [2.05, 4.69) is 27.9 Å². The summed E-state index contributed by atoms with van der Waals surface area (Å²) in [5, 5.41) is 10.7. The van der Waals surface area contributed by atoms with Crippen LogP contribution in [0.15, 0.2) is 47.0 Å². The van der Waals surface area contributed by atoms with Gasteiger partial charge in [0, 0.05) is 24.4 Å². The van der Waals surface area contributed by atoms with Crippen molar-refractivity contribution in [1.29, 1.82) is 0 Å². The minimum absolute atomic E-state index is 0.0653. The van der Waals surface area contributed by atoms with Crippen LogP contribution >= 0.6 is 0 Å². The minimum atomic E-state index is -0.353. The largest absolute Gasteiger partial charge is 0.356 e. The van der Waals surface area contributed by atoms with E-state index in [1.807, 2.05) is 12.1 Å². The number of carbonyl (C=O) groups is 1. The van der Waals surface area contributed by atoms with Crippen molar-refractivity contribution in [3.63, 3.8) is 0 Å². The number of carbonyl (C=O) groups excluding carboxylic acids is 1. The number of aromatic nitrogens is 1. The molecule has 0 aliphatic carbocycles. The van der Waals surface area contributed by atoms with E-state index < -0.39 is 0 Å². The first-order valence-corrected chi connectivity index (χ1v) is 8.30. The summed E-state index contributed by atoms with van der Waals surface area (Å²) >= 11 is 0. The molecular weight excluding hydrogens is 321 g/mol. The molecule has 3 aromatic rings. The standard InChI is InChI=1S/C19H18FN3O2/c20-14-5-6-18-16(8-14)17(23-25-18)11-22-19(24)9-15-7-12-3-1-2-4-13(12)10-21-15/h1-6,8,15,21H,7,9-11H2,(H,22,24)/t15-/m0/s1. The van der Waals surface area contributed by atoms with Crippen molar-refractivity contribution >= 4 is 16.9 Å². The highest BCUT2D eigenvalue weighted by atomic mass is 19.1. The normalized spacial score (nSPS) is 16.6. The first-order chi connectivity index (χ1) is 12.2. The van der Waals surface area contributed by atoms with E-state index in [9.17, 15) is 9.18 Å². The molecule has 1 aliphatic rings. The quantitative estimate of drug-likeness (QED) is 0.767. The van der Waals surface area contributed by atoms with Gasteiger partial charge in [-0.25, -0.2) is 4.39 Å². The van der Waals surface area contributed by atoms with Gasteiger partial charge in [0.25, 0.3) is 0 Å². The van der Waals surface area contributed by atoms with Gasteiger partial charge in [-0.05, 0) is 35.7 Å². The van der Waals surface area contributed by atoms with Crippen molar-refractivity contribution in [2.24, 2.45) is 0 Å². The van der Waals surface area contributed by atoms with Gasteiger partial charge in [-0.1, -0.05) is 29.4 Å². The van der Waals surface area contributed by atoms with Gasteiger partial charge in [0.05, 0.1) is 6.54 Å². The molecule has 2 aromatic carbocycles. The molecular formula is C19H18FN3O2. The zero-order valence-corrected chi connectivity index (χ0v) is 13.6. The number of hydrogen-bond acceptors (Lipinski definition) is 4. The molecule has 2 N–H and O–H groups in total. The van der Waals surface area contributed by atoms with Crippen LogP contribution in [0.25, 0.3) is 11.0 Å². The van der Waals surface area contributed by atoms with Crippen LogP contribution < -0.4 is 10.6 Å². The predicted octanol–water partition coefficient (Wildman–Crippen LogP) is 2.69. The first-order valence-electron chi connectivity index (χ1n) is 8.30. The molecule has 0 spiro atoms. The van der Waals surface area contributed by atoms with Gasteiger partial charge in [-0.3, -0.25) is 4.79 Å². The summed E-state index contributed by atoms with van der Waals surface area (Å²) in [4.78, 5) is 12.2. The number of halogens is 1. The third-order valence-corrected chi connectivity index (χ3v) is 4.56. The second-order valence-corrected chi connectivity index (χ2v) is 6.30. The summed E-state index contributed by atoms with van der Waals surface area (Å²) in [5.74, 6) is -0.419. The lowest BCUT2D eigenvalue weighted by atomic mass is 9.94. The molecule has 25 heavy (non-hydrogen) atoms. The second-order valence-electron chi connectivity index (χ2n) is 6.30. The number of hydrogen-bond donors (Lipinski definition) is 2. The van der Waals surface area contributed by atoms with Gasteiger partial charge in [0.15, 0.2) is 5.58 Å². The van der Waals surface area contributed by atoms with Crippen molar-refractivity contribution < 1.29 is 13.7 Å². The molecule has 0 saturated carbocycles. The number of rotatable bonds is 4. The third-order valence-electron chi connectivity index (χ3n) is 4.56. The van der Waals surface area contributed by atoms with Gasteiger partial charge in [0.2, 0.25) is 5.91 Å². The van der Waals surface area contributed by atoms with E-state index in [0.717, 1.165) is 13.0 Å². The van der Waals surface area contributed by atoms with Crippen LogP contribution in [-0.4, -0.2) is 17.1 Å². The first kappa shape index (κ1) is 15.8. The molecule has 0 bridgehead atoms. The molecule has 0 saturated heterocycles. The number of benzene rings is 2. The lowest BCUT2D eigenvalue weighted by molar-refractivity contribution is -0.121. The van der Waals surface area contributed by atoms with Gasteiger partial charge in [-0.15, -0.1) is 0 Å². The molecule has 0 fully saturated rings. The summed E-state index contributed by atoms with van der Waals surface area (Å²) in [6, 6.07) is 12.6. The maximum atomic E-state index is 13.4. The molecule has 0 radical (unpaired) electrons. The van der Waals surface area contributed by atoms with Crippen molar-refractivity contribution in [2.75, 3.05) is 0 Å². The van der Waals surface area contributed by atoms with Crippen LogP contribution in [0.2, 0.25) is 0 Å². The fourth-order valence-electron chi connectivity index (χ4n) is 3.23. The number of nitrogens with one attached hydrogen (secondary N) is 2. The molecule has 6 heteroatoms. The van der Waals surface area contributed by atoms with Gasteiger partial charge in [-0.2, -0.15) is 0 Å². The molecule has 1 aliphatic heterocycles. The van der Waals surface area contributed by atoms with E-state index in [-0.39, 0.29) is 24.3 Å². The Morgan fingerprint density at radius 2 is 2.12 bits per heavy atom. The van der Waals surface area contributed by atoms with Crippen LogP contribution in [0.1, 0.15) is 23.2 Å². The van der Waals surface area contributed by atoms with Gasteiger partial charge in [0.1, 0.15) is 11.5 Å². The van der Waals surface area contributed by atoms with E-state index in [1.54, 1.807) is 0 Å². The second kappa shape index (κ2) is 6.64. The smallest absolute Gasteiger partial charge is 0.221 e. The average Bonchev–Trinajstić information content (AvgIpc) is 3.02. The maximum Gasteiger partial charge on any atom is 0.221 e. The summed E-state index contributed by atoms with van der Waals surface area (Å²) in [6.45, 7) is 1.000. The third kappa shape index (κ3) is 3.39. The van der Waals surface area contributed by atoms with Crippen LogP contribution in [-0.2, 0) is 24.3 Å². The highest BCUT2D eigenvalue weighted by molar-refractivity contribution is 5.81. The Labute approximate surface area is 144 Å². The topological polar surface area (TPSA) is 67.2 Å². The van der Waals surface area contributed by atoms with Crippen molar-refractivity contribution in [3.05, 3.63) is 65.1 Å². The number of fused-ring (bicyclic) bond motifs is 2. The lowest BCUT2D eigenvalue weighted by Gasteiger charge is -2.25. The van der Waals surface area contributed by atoms with Gasteiger partial charge >= 0.3 is 0 Å². The Bertz CT molecular complexity index is 922. The number of amides is 1. The SMILES string of the molecule is O=C(C[C@@H]1Cc2ccccc2CN1)NCc1noc2ccc(F)cc12. The average molecular weight is 339 g/mol. The van der Waals surface area contributed by atoms with Crippen molar-refractivity contribution in [2.45, 2.75) is 32.0 Å². The molecule has 4 rings (SSSR count). The highest BCUT2D eigenvalue weighted by Crippen LogP contribution is 2.20. The Morgan fingerprint density at radius 3 is 3.00 bits per heavy atom. The van der Waals surface area contributed by atoms with Crippen molar-refractivity contribution in [3.8, 4) is 0 Å². The van der Waals surface area contributed by atoms with E-state index in [4.69, 9.17) is 4.52 Å². The Kier molecular flexibility index (Phi) is 4.19. The van der Waals surface area contributed by atoms with Crippen LogP contribution in [0, 0.1) is 5.82 Å². The molecule has 0 unspecified atom stereocenters. The lowest BCUT2D eigenvalue weighted by Crippen LogP contribution is -2.39. The fourth-order valence-corrected chi connectivity index (χ4v) is 3.23. The Morgan fingerprint density at radius 1 is 1.28 bits per heavy atom. The van der Waals surface area contributed by atoms with Gasteiger partial charge < -0.3 is 15.2 Å². The molecule has 1 atom stereocenters. The molecule has 5 nitrogen and oxygen atoms in total. The summed E-state index contributed by atoms with van der Waals surface area (Å²) in [5.41, 5.74) is 3.62. The summed E-state index contributed by atoms with van der Waals surface area (Å²) < 4.78 is 18.5. The number of nitrogens with zero attached hydrogens (tertiary/aromatic N) is 1. The van der Waals surface area contributed by atoms with Crippen LogP contribution in [0.4, 0.5) is 4.39 Å². The van der Waals surface area contributed by atoms with Crippen LogP contribution in [0.3, 0.4) is 0 Å². The Balaban J connectivity index is 1.36. The molecule has 2 heterocycles. The molecule has 128 valence electrons. The molecule has 1 aromatic heterocycles. The zero-order valence-electron chi connectivity index (χ0n) is 13.6. The fraction of sp³-hybridized carbons (Fsp3) is 0.263. The Hall–Kier alpha value is -2.73. The summed E-state index contributed by atoms with van der Waals surface area (Å²) in [7, 11) is 0. The monoisotopic (exact) mass is 339 g/mol. The summed E-state index contributed by atoms with van der Waals surface area (Å²) in [6.07, 6.45) is 1.22. The van der Waals surface area contributed by atoms with Crippen molar-refractivity contribution in [1.82, 2.24) is 15.8 Å². The zero-order chi connectivity index (χ0) is 17.2. The minimum Gasteiger partial charge on any atom is -0.356 e. The molecule has 1 amide bonds. The van der Waals surface area contributed by atoms with E-state index in [0.29, 0.717) is 23.1 Å². The predicted molar refractivity (Wildman–Crippen MR) is 91.2 cm³/mol. The van der Waals surface area contributed by atoms with Crippen LogP contribution in [0.5, 0.6) is 0 Å². The van der Waals surface area contributed by atoms with E-state index in [1.165, 1.54) is 29.3 Å². The maximum absolute atomic E-state index is 13.4. The highest BCUT2D eigenvalue weighted by Gasteiger charge is 2.20. The van der Waals surface area contributed by atoms with E-state index >= 15 is 0 Å².